The quantitative estimate of drug-likeness (QED) is 0.849. The molecular formula is C13H14N2O. The fourth-order valence-corrected chi connectivity index (χ4v) is 1.66. The summed E-state index contributed by atoms with van der Waals surface area (Å²) in [5.74, 6) is 0. The normalized spacial score (nSPS) is 10.4. The summed E-state index contributed by atoms with van der Waals surface area (Å²) in [5, 5.41) is 8.94. The summed E-state index contributed by atoms with van der Waals surface area (Å²) in [4.78, 5) is 8.71. The van der Waals surface area contributed by atoms with Crippen LogP contribution in [0.25, 0.3) is 11.4 Å². The van der Waals surface area contributed by atoms with E-state index < -0.39 is 0 Å². The number of nitrogens with zero attached hydrogens (tertiary/aromatic N) is 2. The molecule has 82 valence electrons. The first-order valence-electron chi connectivity index (χ1n) is 5.29. The zero-order chi connectivity index (χ0) is 11.4. The molecule has 1 N–H and O–H groups in total. The Kier molecular flexibility index (Phi) is 3.27. The molecule has 2 aromatic rings. The molecule has 0 bridgehead atoms. The van der Waals surface area contributed by atoms with Gasteiger partial charge < -0.3 is 5.11 Å². The molecule has 3 nitrogen and oxygen atoms in total. The third-order valence-corrected chi connectivity index (χ3v) is 2.34. The summed E-state index contributed by atoms with van der Waals surface area (Å²) in [6.07, 6.45) is 2.41. The van der Waals surface area contributed by atoms with Crippen LogP contribution in [0.3, 0.4) is 0 Å². The van der Waals surface area contributed by atoms with E-state index in [1.807, 2.05) is 37.3 Å². The molecule has 2 heterocycles. The number of hydrogen-bond donors (Lipinski definition) is 1. The zero-order valence-corrected chi connectivity index (χ0v) is 9.22. The second-order valence-corrected chi connectivity index (χ2v) is 3.69. The van der Waals surface area contributed by atoms with Gasteiger partial charge in [0.1, 0.15) is 0 Å². The number of pyridine rings is 2. The maximum absolute atomic E-state index is 8.94. The van der Waals surface area contributed by atoms with Crippen molar-refractivity contribution in [3.05, 3.63) is 47.8 Å². The number of aryl methyl sites for hydroxylation is 1. The van der Waals surface area contributed by atoms with Crippen molar-refractivity contribution < 1.29 is 5.11 Å². The van der Waals surface area contributed by atoms with Crippen LogP contribution in [0.2, 0.25) is 0 Å². The van der Waals surface area contributed by atoms with Gasteiger partial charge in [0.25, 0.3) is 0 Å². The summed E-state index contributed by atoms with van der Waals surface area (Å²) < 4.78 is 0. The lowest BCUT2D eigenvalue weighted by Gasteiger charge is -2.05. The minimum atomic E-state index is 0.158. The van der Waals surface area contributed by atoms with E-state index in [1.165, 1.54) is 0 Å². The van der Waals surface area contributed by atoms with Crippen LogP contribution in [0.5, 0.6) is 0 Å². The van der Waals surface area contributed by atoms with Crippen LogP contribution in [-0.2, 0) is 6.42 Å². The Morgan fingerprint density at radius 1 is 1.19 bits per heavy atom. The zero-order valence-electron chi connectivity index (χ0n) is 9.22. The van der Waals surface area contributed by atoms with E-state index in [-0.39, 0.29) is 6.61 Å². The third-order valence-electron chi connectivity index (χ3n) is 2.34. The minimum absolute atomic E-state index is 0.158. The molecule has 0 unspecified atom stereocenters. The van der Waals surface area contributed by atoms with Gasteiger partial charge in [0, 0.05) is 18.5 Å². The van der Waals surface area contributed by atoms with Gasteiger partial charge in [-0.1, -0.05) is 6.07 Å². The Morgan fingerprint density at radius 2 is 2.06 bits per heavy atom. The van der Waals surface area contributed by atoms with Crippen LogP contribution in [0.15, 0.2) is 36.5 Å². The predicted molar refractivity (Wildman–Crippen MR) is 63.0 cm³/mol. The molecular weight excluding hydrogens is 200 g/mol. The molecule has 0 amide bonds. The van der Waals surface area contributed by atoms with Crippen molar-refractivity contribution in [3.8, 4) is 11.4 Å². The van der Waals surface area contributed by atoms with E-state index in [2.05, 4.69) is 9.97 Å². The van der Waals surface area contributed by atoms with Gasteiger partial charge in [0.05, 0.1) is 11.4 Å². The number of aliphatic hydroxyl groups is 1. The molecule has 2 rings (SSSR count). The molecule has 0 aliphatic carbocycles. The third kappa shape index (κ3) is 2.44. The Morgan fingerprint density at radius 3 is 2.75 bits per heavy atom. The van der Waals surface area contributed by atoms with Gasteiger partial charge >= 0.3 is 0 Å². The van der Waals surface area contributed by atoms with E-state index in [1.54, 1.807) is 6.20 Å². The molecule has 0 aliphatic heterocycles. The van der Waals surface area contributed by atoms with E-state index in [0.717, 1.165) is 22.6 Å². The van der Waals surface area contributed by atoms with Crippen LogP contribution in [0, 0.1) is 6.92 Å². The Balaban J connectivity index is 2.41. The van der Waals surface area contributed by atoms with Crippen molar-refractivity contribution in [3.63, 3.8) is 0 Å². The van der Waals surface area contributed by atoms with E-state index in [9.17, 15) is 0 Å². The lowest BCUT2D eigenvalue weighted by atomic mass is 10.1. The largest absolute Gasteiger partial charge is 0.396 e. The second kappa shape index (κ2) is 4.86. The molecule has 16 heavy (non-hydrogen) atoms. The van der Waals surface area contributed by atoms with Gasteiger partial charge in [-0.05, 0) is 43.2 Å². The highest BCUT2D eigenvalue weighted by atomic mass is 16.2. The van der Waals surface area contributed by atoms with E-state index in [0.29, 0.717) is 6.42 Å². The molecule has 0 saturated carbocycles. The van der Waals surface area contributed by atoms with Crippen LogP contribution < -0.4 is 0 Å². The maximum atomic E-state index is 8.94. The highest BCUT2D eigenvalue weighted by Gasteiger charge is 2.03. The standard InChI is InChI=1S/C13H14N2O/c1-10-8-11(5-7-16)9-13(15-10)12-4-2-3-6-14-12/h2-4,6,8-9,16H,5,7H2,1H3. The molecule has 0 radical (unpaired) electrons. The molecule has 3 heteroatoms. The Bertz CT molecular complexity index is 469. The van der Waals surface area contributed by atoms with E-state index >= 15 is 0 Å². The SMILES string of the molecule is Cc1cc(CCO)cc(-c2ccccn2)n1. The molecule has 0 spiro atoms. The van der Waals surface area contributed by atoms with Crippen LogP contribution in [0.4, 0.5) is 0 Å². The van der Waals surface area contributed by atoms with Gasteiger partial charge in [-0.25, -0.2) is 0 Å². The average Bonchev–Trinajstić information content (AvgIpc) is 2.30. The summed E-state index contributed by atoms with van der Waals surface area (Å²) in [5.41, 5.74) is 3.77. The maximum Gasteiger partial charge on any atom is 0.0892 e. The fourth-order valence-electron chi connectivity index (χ4n) is 1.66. The van der Waals surface area contributed by atoms with Crippen molar-refractivity contribution >= 4 is 0 Å². The van der Waals surface area contributed by atoms with Crippen molar-refractivity contribution in [2.24, 2.45) is 0 Å². The smallest absolute Gasteiger partial charge is 0.0892 e. The Hall–Kier alpha value is -1.74. The number of aliphatic hydroxyl groups excluding tert-OH is 1. The number of aromatic nitrogens is 2. The van der Waals surface area contributed by atoms with E-state index in [4.69, 9.17) is 5.11 Å². The Labute approximate surface area is 94.8 Å². The topological polar surface area (TPSA) is 46.0 Å². The summed E-state index contributed by atoms with van der Waals surface area (Å²) in [6.45, 7) is 2.11. The van der Waals surface area contributed by atoms with Crippen molar-refractivity contribution in [2.45, 2.75) is 13.3 Å². The van der Waals surface area contributed by atoms with Crippen LogP contribution in [0.1, 0.15) is 11.3 Å². The predicted octanol–water partition coefficient (Wildman–Crippen LogP) is 1.99. The first-order valence-corrected chi connectivity index (χ1v) is 5.29. The highest BCUT2D eigenvalue weighted by Crippen LogP contribution is 2.16. The van der Waals surface area contributed by atoms with Crippen molar-refractivity contribution in [1.29, 1.82) is 0 Å². The first-order chi connectivity index (χ1) is 7.79. The summed E-state index contributed by atoms with van der Waals surface area (Å²) >= 11 is 0. The van der Waals surface area contributed by atoms with Gasteiger partial charge in [-0.2, -0.15) is 0 Å². The highest BCUT2D eigenvalue weighted by molar-refractivity contribution is 5.55. The lowest BCUT2D eigenvalue weighted by molar-refractivity contribution is 0.299. The summed E-state index contributed by atoms with van der Waals surface area (Å²) in [7, 11) is 0. The molecule has 2 aromatic heterocycles. The second-order valence-electron chi connectivity index (χ2n) is 3.69. The minimum Gasteiger partial charge on any atom is -0.396 e. The molecule has 0 aliphatic rings. The molecule has 0 saturated heterocycles. The molecule has 0 fully saturated rings. The lowest BCUT2D eigenvalue weighted by Crippen LogP contribution is -1.96. The monoisotopic (exact) mass is 214 g/mol. The van der Waals surface area contributed by atoms with Gasteiger partial charge in [0.2, 0.25) is 0 Å². The number of rotatable bonds is 3. The fraction of sp³-hybridized carbons (Fsp3) is 0.231. The van der Waals surface area contributed by atoms with Gasteiger partial charge in [-0.15, -0.1) is 0 Å². The van der Waals surface area contributed by atoms with Crippen molar-refractivity contribution in [1.82, 2.24) is 9.97 Å². The van der Waals surface area contributed by atoms with Gasteiger partial charge in [-0.3, -0.25) is 9.97 Å². The van der Waals surface area contributed by atoms with Crippen molar-refractivity contribution in [2.75, 3.05) is 6.61 Å². The summed E-state index contributed by atoms with van der Waals surface area (Å²) in [6, 6.07) is 9.73. The number of hydrogen-bond acceptors (Lipinski definition) is 3. The van der Waals surface area contributed by atoms with Crippen LogP contribution >= 0.6 is 0 Å². The van der Waals surface area contributed by atoms with Crippen LogP contribution in [-0.4, -0.2) is 21.7 Å². The molecule has 0 atom stereocenters. The van der Waals surface area contributed by atoms with Gasteiger partial charge in [0.15, 0.2) is 0 Å². The first kappa shape index (κ1) is 10.8. The molecule has 0 aromatic carbocycles. The average molecular weight is 214 g/mol.